The minimum atomic E-state index is -0.103. The van der Waals surface area contributed by atoms with Crippen LogP contribution in [-0.4, -0.2) is 23.5 Å². The topological polar surface area (TPSA) is 37.4 Å². The van der Waals surface area contributed by atoms with Gasteiger partial charge in [-0.15, -0.1) is 0 Å². The molecule has 0 bridgehead atoms. The summed E-state index contributed by atoms with van der Waals surface area (Å²) in [6, 6.07) is 8.85. The molecule has 0 aliphatic heterocycles. The molecule has 0 aliphatic rings. The first-order valence-corrected chi connectivity index (χ1v) is 12.1. The van der Waals surface area contributed by atoms with Gasteiger partial charge in [-0.2, -0.15) is 0 Å². The molecule has 1 unspecified atom stereocenters. The van der Waals surface area contributed by atoms with Gasteiger partial charge in [-0.1, -0.05) is 91.0 Å². The monoisotopic (exact) mass is 405 g/mol. The summed E-state index contributed by atoms with van der Waals surface area (Å²) in [6.07, 6.45) is 9.08. The van der Waals surface area contributed by atoms with Gasteiger partial charge in [-0.25, -0.2) is 0 Å². The van der Waals surface area contributed by atoms with Gasteiger partial charge in [0.2, 0.25) is 5.91 Å². The van der Waals surface area contributed by atoms with Gasteiger partial charge in [-0.3, -0.25) is 9.36 Å². The Balaban J connectivity index is 2.81. The zero-order valence-corrected chi connectivity index (χ0v) is 19.5. The SMILES string of the molecule is CCCCCCCCc1ccc(C(C(C)C)N(CC(C)C)C(=O)CP=O)cc1. The van der Waals surface area contributed by atoms with Crippen molar-refractivity contribution in [1.82, 2.24) is 4.90 Å². The molecular weight excluding hydrogens is 365 g/mol. The number of carbonyl (C=O) groups excluding carboxylic acids is 1. The first kappa shape index (κ1) is 24.8. The van der Waals surface area contributed by atoms with E-state index in [0.717, 1.165) is 6.42 Å². The minimum absolute atomic E-state index is 0.0275. The van der Waals surface area contributed by atoms with Crippen molar-refractivity contribution in [3.05, 3.63) is 35.4 Å². The van der Waals surface area contributed by atoms with Crippen LogP contribution in [0.1, 0.15) is 90.3 Å². The van der Waals surface area contributed by atoms with Crippen LogP contribution in [0.15, 0.2) is 24.3 Å². The van der Waals surface area contributed by atoms with Crippen molar-refractivity contribution >= 4 is 14.4 Å². The summed E-state index contributed by atoms with van der Waals surface area (Å²) in [5.74, 6) is 0.649. The van der Waals surface area contributed by atoms with Crippen LogP contribution < -0.4 is 0 Å². The molecule has 0 heterocycles. The summed E-state index contributed by atoms with van der Waals surface area (Å²) in [5.41, 5.74) is 2.56. The quantitative estimate of drug-likeness (QED) is 0.245. The van der Waals surface area contributed by atoms with Gasteiger partial charge >= 0.3 is 0 Å². The van der Waals surface area contributed by atoms with Crippen LogP contribution in [0.2, 0.25) is 0 Å². The standard InChI is InChI=1S/C24H40NO2P/c1-6-7-8-9-10-11-12-21-13-15-22(16-14-21)24(20(4)5)25(17-19(2)3)23(26)18-28-27/h13-16,19-20,24H,6-12,17-18H2,1-5H3. The Bertz CT molecular complexity index is 568. The minimum Gasteiger partial charge on any atom is -0.334 e. The first-order chi connectivity index (χ1) is 13.4. The highest BCUT2D eigenvalue weighted by Gasteiger charge is 2.28. The van der Waals surface area contributed by atoms with Crippen molar-refractivity contribution in [1.29, 1.82) is 0 Å². The van der Waals surface area contributed by atoms with Crippen molar-refractivity contribution in [3.8, 4) is 0 Å². The van der Waals surface area contributed by atoms with Crippen LogP contribution in [0.25, 0.3) is 0 Å². The van der Waals surface area contributed by atoms with Crippen LogP contribution in [0, 0.1) is 11.8 Å². The molecule has 1 rings (SSSR count). The molecule has 0 aromatic heterocycles. The van der Waals surface area contributed by atoms with Gasteiger partial charge in [-0.05, 0) is 35.8 Å². The van der Waals surface area contributed by atoms with E-state index in [0.29, 0.717) is 18.4 Å². The van der Waals surface area contributed by atoms with Crippen LogP contribution in [0.5, 0.6) is 0 Å². The van der Waals surface area contributed by atoms with Gasteiger partial charge in [0, 0.05) is 6.54 Å². The van der Waals surface area contributed by atoms with Crippen molar-refractivity contribution in [3.63, 3.8) is 0 Å². The van der Waals surface area contributed by atoms with E-state index >= 15 is 0 Å². The van der Waals surface area contributed by atoms with Gasteiger partial charge in [0.1, 0.15) is 6.16 Å². The Morgan fingerprint density at radius 2 is 1.57 bits per heavy atom. The Kier molecular flexibility index (Phi) is 12.3. The molecule has 4 heteroatoms. The molecule has 0 N–H and O–H groups in total. The number of carbonyl (C=O) groups is 1. The Hall–Kier alpha value is -1.21. The Morgan fingerprint density at radius 1 is 0.964 bits per heavy atom. The van der Waals surface area contributed by atoms with Crippen LogP contribution >= 0.6 is 8.46 Å². The molecule has 0 radical (unpaired) electrons. The number of amides is 1. The van der Waals surface area contributed by atoms with Crippen LogP contribution in [0.3, 0.4) is 0 Å². The molecule has 0 fully saturated rings. The van der Waals surface area contributed by atoms with E-state index in [9.17, 15) is 9.36 Å². The lowest BCUT2D eigenvalue weighted by Gasteiger charge is -2.36. The van der Waals surface area contributed by atoms with Gasteiger partial charge in [0.25, 0.3) is 0 Å². The fourth-order valence-electron chi connectivity index (χ4n) is 3.83. The van der Waals surface area contributed by atoms with E-state index in [-0.39, 0.29) is 26.6 Å². The maximum atomic E-state index is 12.6. The molecule has 3 nitrogen and oxygen atoms in total. The summed E-state index contributed by atoms with van der Waals surface area (Å²) in [4.78, 5) is 14.6. The molecule has 28 heavy (non-hydrogen) atoms. The van der Waals surface area contributed by atoms with Crippen molar-refractivity contribution in [2.45, 2.75) is 85.6 Å². The third-order valence-corrected chi connectivity index (χ3v) is 5.59. The summed E-state index contributed by atoms with van der Waals surface area (Å²) in [7, 11) is -0.103. The summed E-state index contributed by atoms with van der Waals surface area (Å²) >= 11 is 0. The number of nitrogens with zero attached hydrogens (tertiary/aromatic N) is 1. The van der Waals surface area contributed by atoms with Gasteiger partial charge in [0.05, 0.1) is 6.04 Å². The second kappa shape index (κ2) is 13.9. The summed E-state index contributed by atoms with van der Waals surface area (Å²) in [5, 5.41) is 0. The van der Waals surface area contributed by atoms with E-state index in [1.165, 1.54) is 49.7 Å². The highest BCUT2D eigenvalue weighted by molar-refractivity contribution is 7.25. The number of unbranched alkanes of at least 4 members (excludes halogenated alkanes) is 5. The smallest absolute Gasteiger partial charge is 0.234 e. The Labute approximate surface area is 174 Å². The predicted molar refractivity (Wildman–Crippen MR) is 120 cm³/mol. The van der Waals surface area contributed by atoms with Crippen LogP contribution in [-0.2, 0) is 15.8 Å². The summed E-state index contributed by atoms with van der Waals surface area (Å²) < 4.78 is 11.0. The Morgan fingerprint density at radius 3 is 2.11 bits per heavy atom. The van der Waals surface area contributed by atoms with Crippen molar-refractivity contribution in [2.75, 3.05) is 12.7 Å². The third kappa shape index (κ3) is 8.86. The molecule has 1 atom stereocenters. The molecule has 0 aliphatic carbocycles. The number of hydrogen-bond acceptors (Lipinski definition) is 2. The lowest BCUT2D eigenvalue weighted by atomic mass is 9.92. The zero-order chi connectivity index (χ0) is 20.9. The third-order valence-electron chi connectivity index (χ3n) is 5.19. The normalized spacial score (nSPS) is 12.7. The number of hydrogen-bond donors (Lipinski definition) is 0. The molecule has 0 saturated heterocycles. The number of rotatable bonds is 14. The van der Waals surface area contributed by atoms with Crippen molar-refractivity contribution in [2.24, 2.45) is 11.8 Å². The lowest BCUT2D eigenvalue weighted by Crippen LogP contribution is -2.40. The number of benzene rings is 1. The van der Waals surface area contributed by atoms with E-state index in [1.807, 2.05) is 4.90 Å². The molecule has 1 aromatic rings. The van der Waals surface area contributed by atoms with Crippen molar-refractivity contribution < 1.29 is 9.36 Å². The highest BCUT2D eigenvalue weighted by Crippen LogP contribution is 2.30. The fourth-order valence-corrected chi connectivity index (χ4v) is 4.12. The lowest BCUT2D eigenvalue weighted by molar-refractivity contribution is -0.132. The zero-order valence-electron chi connectivity index (χ0n) is 18.6. The van der Waals surface area contributed by atoms with E-state index in [1.54, 1.807) is 0 Å². The predicted octanol–water partition coefficient (Wildman–Crippen LogP) is 7.06. The average molecular weight is 406 g/mol. The molecule has 0 spiro atoms. The first-order valence-electron chi connectivity index (χ1n) is 11.1. The van der Waals surface area contributed by atoms with Crippen LogP contribution in [0.4, 0.5) is 0 Å². The fraction of sp³-hybridized carbons (Fsp3) is 0.708. The molecule has 158 valence electrons. The molecule has 1 aromatic carbocycles. The van der Waals surface area contributed by atoms with E-state index < -0.39 is 0 Å². The molecule has 0 saturated carbocycles. The van der Waals surface area contributed by atoms with E-state index in [4.69, 9.17) is 0 Å². The average Bonchev–Trinajstić information content (AvgIpc) is 2.64. The van der Waals surface area contributed by atoms with Gasteiger partial charge < -0.3 is 4.90 Å². The maximum absolute atomic E-state index is 12.6. The molecular formula is C24H40NO2P. The highest BCUT2D eigenvalue weighted by atomic mass is 31.1. The van der Waals surface area contributed by atoms with Gasteiger partial charge in [0.15, 0.2) is 8.46 Å². The number of aryl methyl sites for hydroxylation is 1. The largest absolute Gasteiger partial charge is 0.334 e. The second-order valence-electron chi connectivity index (χ2n) is 8.68. The maximum Gasteiger partial charge on any atom is 0.234 e. The van der Waals surface area contributed by atoms with E-state index in [2.05, 4.69) is 58.9 Å². The molecule has 1 amide bonds. The summed E-state index contributed by atoms with van der Waals surface area (Å²) in [6.45, 7) is 11.5. The second-order valence-corrected chi connectivity index (χ2v) is 9.25.